The van der Waals surface area contributed by atoms with E-state index in [4.69, 9.17) is 9.47 Å². The highest BCUT2D eigenvalue weighted by atomic mass is 16.6. The topological polar surface area (TPSA) is 59.9 Å². The molecule has 5 nitrogen and oxygen atoms in total. The van der Waals surface area contributed by atoms with Crippen molar-refractivity contribution in [2.75, 3.05) is 6.61 Å². The normalized spacial score (nSPS) is 16.4. The number of fused-ring (bicyclic) bond motifs is 1. The predicted octanol–water partition coefficient (Wildman–Crippen LogP) is 3.10. The number of hydrogen-bond acceptors (Lipinski definition) is 4. The number of para-hydroxylation sites is 2. The zero-order valence-electron chi connectivity index (χ0n) is 13.7. The van der Waals surface area contributed by atoms with Gasteiger partial charge in [-0.25, -0.2) is 5.43 Å². The zero-order chi connectivity index (χ0) is 16.9. The first-order valence-corrected chi connectivity index (χ1v) is 7.95. The molecule has 1 atom stereocenters. The summed E-state index contributed by atoms with van der Waals surface area (Å²) in [6.07, 6.45) is 0.903. The summed E-state index contributed by atoms with van der Waals surface area (Å²) in [6, 6.07) is 15.3. The van der Waals surface area contributed by atoms with Crippen LogP contribution in [0, 0.1) is 0 Å². The lowest BCUT2D eigenvalue weighted by Crippen LogP contribution is -2.42. The minimum atomic E-state index is -0.708. The van der Waals surface area contributed by atoms with Gasteiger partial charge in [0, 0.05) is 0 Å². The molecule has 0 aliphatic carbocycles. The van der Waals surface area contributed by atoms with Gasteiger partial charge in [0.25, 0.3) is 5.91 Å². The second-order valence-electron chi connectivity index (χ2n) is 5.92. The molecule has 0 aromatic heterocycles. The Balaban J connectivity index is 1.56. The number of carbonyl (C=O) groups is 1. The molecule has 1 aliphatic heterocycles. The summed E-state index contributed by atoms with van der Waals surface area (Å²) in [5.41, 5.74) is 4.68. The largest absolute Gasteiger partial charge is 0.485 e. The highest BCUT2D eigenvalue weighted by Gasteiger charge is 2.26. The number of ether oxygens (including phenoxy) is 2. The van der Waals surface area contributed by atoms with Crippen LogP contribution in [0.5, 0.6) is 11.5 Å². The number of carbonyl (C=O) groups excluding carboxylic acids is 1. The molecule has 2 aromatic carbocycles. The van der Waals surface area contributed by atoms with Crippen molar-refractivity contribution in [2.45, 2.75) is 25.9 Å². The third-order valence-corrected chi connectivity index (χ3v) is 3.79. The van der Waals surface area contributed by atoms with Crippen molar-refractivity contribution < 1.29 is 14.3 Å². The van der Waals surface area contributed by atoms with E-state index in [0.29, 0.717) is 17.4 Å². The van der Waals surface area contributed by atoms with E-state index in [1.807, 2.05) is 30.3 Å². The monoisotopic (exact) mass is 324 g/mol. The number of nitrogens with zero attached hydrogens (tertiary/aromatic N) is 1. The molecule has 0 spiro atoms. The molecule has 0 unspecified atom stereocenters. The van der Waals surface area contributed by atoms with Gasteiger partial charge in [0.2, 0.25) is 6.10 Å². The van der Waals surface area contributed by atoms with Crippen LogP contribution in [-0.4, -0.2) is 24.8 Å². The molecule has 24 heavy (non-hydrogen) atoms. The van der Waals surface area contributed by atoms with Gasteiger partial charge in [0.1, 0.15) is 6.61 Å². The van der Waals surface area contributed by atoms with E-state index in [-0.39, 0.29) is 12.5 Å². The summed E-state index contributed by atoms with van der Waals surface area (Å²) in [5, 5.41) is 3.99. The van der Waals surface area contributed by atoms with Crippen LogP contribution in [0.25, 0.3) is 0 Å². The van der Waals surface area contributed by atoms with Gasteiger partial charge in [-0.2, -0.15) is 5.10 Å². The average molecular weight is 324 g/mol. The molecule has 1 aliphatic rings. The third-order valence-electron chi connectivity index (χ3n) is 3.79. The number of amides is 1. The fourth-order valence-corrected chi connectivity index (χ4v) is 2.36. The number of hydrazone groups is 1. The van der Waals surface area contributed by atoms with Crippen molar-refractivity contribution in [3.05, 3.63) is 59.7 Å². The fraction of sp³-hybridized carbons (Fsp3) is 0.263. The van der Waals surface area contributed by atoms with Gasteiger partial charge in [-0.3, -0.25) is 4.79 Å². The lowest BCUT2D eigenvalue weighted by molar-refractivity contribution is -0.130. The van der Waals surface area contributed by atoms with Crippen LogP contribution in [0.15, 0.2) is 53.6 Å². The predicted molar refractivity (Wildman–Crippen MR) is 92.6 cm³/mol. The van der Waals surface area contributed by atoms with Crippen molar-refractivity contribution in [2.24, 2.45) is 5.10 Å². The fourth-order valence-electron chi connectivity index (χ4n) is 2.36. The van der Waals surface area contributed by atoms with Crippen LogP contribution < -0.4 is 14.9 Å². The van der Waals surface area contributed by atoms with Crippen molar-refractivity contribution in [3.8, 4) is 11.5 Å². The minimum absolute atomic E-state index is 0.168. The quantitative estimate of drug-likeness (QED) is 0.694. The van der Waals surface area contributed by atoms with Crippen LogP contribution in [0.3, 0.4) is 0 Å². The zero-order valence-corrected chi connectivity index (χ0v) is 13.7. The molecule has 1 N–H and O–H groups in total. The molecule has 0 saturated heterocycles. The molecular formula is C19H20N2O3. The van der Waals surface area contributed by atoms with Crippen molar-refractivity contribution in [3.63, 3.8) is 0 Å². The maximum atomic E-state index is 12.1. The number of nitrogens with one attached hydrogen (secondary N) is 1. The summed E-state index contributed by atoms with van der Waals surface area (Å²) >= 11 is 0. The van der Waals surface area contributed by atoms with Crippen LogP contribution in [0.1, 0.15) is 30.9 Å². The average Bonchev–Trinajstić information content (AvgIpc) is 2.61. The molecular weight excluding hydrogens is 304 g/mol. The molecule has 0 bridgehead atoms. The Morgan fingerprint density at radius 1 is 1.17 bits per heavy atom. The number of rotatable bonds is 4. The Bertz CT molecular complexity index is 739. The summed E-state index contributed by atoms with van der Waals surface area (Å²) in [7, 11) is 0. The van der Waals surface area contributed by atoms with Gasteiger partial charge in [0.05, 0.1) is 6.21 Å². The Labute approximate surface area is 141 Å². The Hall–Kier alpha value is -2.82. The van der Waals surface area contributed by atoms with Gasteiger partial charge in [0.15, 0.2) is 11.5 Å². The van der Waals surface area contributed by atoms with E-state index in [1.54, 1.807) is 12.3 Å². The standard InChI is InChI=1S/C19H20N2O3/c1-13(2)15-9-7-14(8-10-15)11-20-21-19(22)18-12-23-16-5-3-4-6-17(16)24-18/h3-11,13,18H,12H2,1-2H3,(H,21,22)/b20-11-/t18-/m0/s1. The third kappa shape index (κ3) is 3.74. The van der Waals surface area contributed by atoms with E-state index in [1.165, 1.54) is 5.56 Å². The second-order valence-corrected chi connectivity index (χ2v) is 5.92. The van der Waals surface area contributed by atoms with Crippen molar-refractivity contribution >= 4 is 12.1 Å². The molecule has 0 radical (unpaired) electrons. The van der Waals surface area contributed by atoms with E-state index in [9.17, 15) is 4.79 Å². The van der Waals surface area contributed by atoms with Gasteiger partial charge in [-0.05, 0) is 29.2 Å². The number of benzene rings is 2. The maximum absolute atomic E-state index is 12.1. The summed E-state index contributed by atoms with van der Waals surface area (Å²) in [5.74, 6) is 1.37. The van der Waals surface area contributed by atoms with Gasteiger partial charge in [-0.1, -0.05) is 50.2 Å². The molecule has 1 heterocycles. The highest BCUT2D eigenvalue weighted by molar-refractivity contribution is 5.85. The van der Waals surface area contributed by atoms with E-state index >= 15 is 0 Å². The molecule has 1 amide bonds. The summed E-state index contributed by atoms with van der Waals surface area (Å²) in [6.45, 7) is 4.46. The molecule has 0 saturated carbocycles. The SMILES string of the molecule is CC(C)c1ccc(/C=N\NC(=O)[C@@H]2COc3ccccc3O2)cc1. The van der Waals surface area contributed by atoms with Crippen LogP contribution >= 0.6 is 0 Å². The first kappa shape index (κ1) is 16.1. The molecule has 3 rings (SSSR count). The highest BCUT2D eigenvalue weighted by Crippen LogP contribution is 2.30. The van der Waals surface area contributed by atoms with Crippen LogP contribution in [-0.2, 0) is 4.79 Å². The number of hydrogen-bond donors (Lipinski definition) is 1. The Morgan fingerprint density at radius 2 is 1.88 bits per heavy atom. The maximum Gasteiger partial charge on any atom is 0.284 e. The van der Waals surface area contributed by atoms with Crippen LogP contribution in [0.2, 0.25) is 0 Å². The first-order valence-electron chi connectivity index (χ1n) is 7.95. The lowest BCUT2D eigenvalue weighted by atomic mass is 10.0. The van der Waals surface area contributed by atoms with E-state index in [2.05, 4.69) is 36.5 Å². The van der Waals surface area contributed by atoms with E-state index in [0.717, 1.165) is 5.56 Å². The van der Waals surface area contributed by atoms with E-state index < -0.39 is 6.10 Å². The Kier molecular flexibility index (Phi) is 4.79. The lowest BCUT2D eigenvalue weighted by Gasteiger charge is -2.24. The van der Waals surface area contributed by atoms with Crippen molar-refractivity contribution in [1.29, 1.82) is 0 Å². The molecule has 5 heteroatoms. The van der Waals surface area contributed by atoms with Crippen molar-refractivity contribution in [1.82, 2.24) is 5.43 Å². The first-order chi connectivity index (χ1) is 11.6. The second kappa shape index (κ2) is 7.17. The van der Waals surface area contributed by atoms with Gasteiger partial charge < -0.3 is 9.47 Å². The Morgan fingerprint density at radius 3 is 2.58 bits per heavy atom. The van der Waals surface area contributed by atoms with Gasteiger partial charge in [-0.15, -0.1) is 0 Å². The van der Waals surface area contributed by atoms with Crippen LogP contribution in [0.4, 0.5) is 0 Å². The molecule has 2 aromatic rings. The smallest absolute Gasteiger partial charge is 0.284 e. The summed E-state index contributed by atoms with van der Waals surface area (Å²) < 4.78 is 11.1. The minimum Gasteiger partial charge on any atom is -0.485 e. The summed E-state index contributed by atoms with van der Waals surface area (Å²) in [4.78, 5) is 12.1. The molecule has 124 valence electrons. The molecule has 0 fully saturated rings. The van der Waals surface area contributed by atoms with Gasteiger partial charge >= 0.3 is 0 Å².